The number of ether oxygens (including phenoxy) is 1. The minimum absolute atomic E-state index is 0.131. The number of carbonyl (C=O) groups excluding carboxylic acids is 2. The van der Waals surface area contributed by atoms with E-state index in [9.17, 15) is 9.59 Å². The Morgan fingerprint density at radius 1 is 1.37 bits per heavy atom. The van der Waals surface area contributed by atoms with Crippen LogP contribution in [0.15, 0.2) is 29.2 Å². The minimum atomic E-state index is -0.524. The second-order valence-corrected chi connectivity index (χ2v) is 4.64. The first-order valence-electron chi connectivity index (χ1n) is 5.67. The van der Waals surface area contributed by atoms with Gasteiger partial charge in [0.05, 0.1) is 12.4 Å². The van der Waals surface area contributed by atoms with Gasteiger partial charge in [-0.05, 0) is 12.1 Å². The summed E-state index contributed by atoms with van der Waals surface area (Å²) in [7, 11) is 1.53. The van der Waals surface area contributed by atoms with E-state index < -0.39 is 6.03 Å². The Morgan fingerprint density at radius 3 is 2.79 bits per heavy atom. The highest BCUT2D eigenvalue weighted by Crippen LogP contribution is 2.23. The Bertz CT molecular complexity index is 440. The van der Waals surface area contributed by atoms with Crippen LogP contribution in [0.4, 0.5) is 10.5 Å². The van der Waals surface area contributed by atoms with E-state index in [1.807, 2.05) is 18.2 Å². The lowest BCUT2D eigenvalue weighted by molar-refractivity contribution is -0.117. The first-order valence-corrected chi connectivity index (χ1v) is 6.66. The number of para-hydroxylation sites is 1. The molecule has 19 heavy (non-hydrogen) atoms. The van der Waals surface area contributed by atoms with Crippen LogP contribution in [0.2, 0.25) is 0 Å². The molecule has 0 aliphatic rings. The monoisotopic (exact) mass is 283 g/mol. The van der Waals surface area contributed by atoms with Gasteiger partial charge in [0.15, 0.2) is 0 Å². The number of imide groups is 1. The number of benzene rings is 1. The summed E-state index contributed by atoms with van der Waals surface area (Å²) in [5.74, 6) is -0.241. The molecule has 0 unspecified atom stereocenters. The molecule has 104 valence electrons. The zero-order chi connectivity index (χ0) is 14.1. The fraction of sp³-hybridized carbons (Fsp3) is 0.333. The van der Waals surface area contributed by atoms with Crippen LogP contribution in [0.3, 0.4) is 0 Å². The fourth-order valence-electron chi connectivity index (χ4n) is 1.23. The van der Waals surface area contributed by atoms with Crippen molar-refractivity contribution in [1.82, 2.24) is 10.6 Å². The molecule has 0 aromatic heterocycles. The van der Waals surface area contributed by atoms with Crippen LogP contribution in [-0.4, -0.2) is 38.0 Å². The normalized spacial score (nSPS) is 9.95. The Labute approximate surface area is 116 Å². The highest BCUT2D eigenvalue weighted by Gasteiger charge is 2.08. The van der Waals surface area contributed by atoms with Crippen LogP contribution in [0.25, 0.3) is 0 Å². The number of nitrogens with two attached hydrogens (primary N) is 1. The number of hydrogen-bond donors (Lipinski definition) is 3. The molecule has 1 aromatic rings. The summed E-state index contributed by atoms with van der Waals surface area (Å²) in [6.45, 7) is 0.755. The molecular weight excluding hydrogens is 266 g/mol. The third-order valence-corrected chi connectivity index (χ3v) is 3.21. The first kappa shape index (κ1) is 15.3. The maximum Gasteiger partial charge on any atom is 0.321 e. The Morgan fingerprint density at radius 2 is 2.11 bits per heavy atom. The predicted octanol–water partition coefficient (Wildman–Crippen LogP) is 0.833. The molecule has 4 N–H and O–H groups in total. The van der Waals surface area contributed by atoms with Gasteiger partial charge < -0.3 is 15.8 Å². The molecule has 0 bridgehead atoms. The van der Waals surface area contributed by atoms with Crippen molar-refractivity contribution in [3.63, 3.8) is 0 Å². The topological polar surface area (TPSA) is 93.5 Å². The Hall–Kier alpha value is -1.73. The van der Waals surface area contributed by atoms with Crippen LogP contribution < -0.4 is 16.4 Å². The van der Waals surface area contributed by atoms with Crippen molar-refractivity contribution in [3.05, 3.63) is 24.3 Å². The average Bonchev–Trinajstić information content (AvgIpc) is 2.38. The summed E-state index contributed by atoms with van der Waals surface area (Å²) in [4.78, 5) is 23.6. The van der Waals surface area contributed by atoms with Gasteiger partial charge in [-0.25, -0.2) is 4.79 Å². The van der Waals surface area contributed by atoms with E-state index in [0.29, 0.717) is 18.8 Å². The van der Waals surface area contributed by atoms with Crippen molar-refractivity contribution in [2.45, 2.75) is 4.90 Å². The van der Waals surface area contributed by atoms with Crippen molar-refractivity contribution in [2.75, 3.05) is 31.7 Å². The third-order valence-electron chi connectivity index (χ3n) is 2.12. The fourth-order valence-corrected chi connectivity index (χ4v) is 2.00. The van der Waals surface area contributed by atoms with Gasteiger partial charge >= 0.3 is 6.03 Å². The van der Waals surface area contributed by atoms with Gasteiger partial charge in [0.25, 0.3) is 0 Å². The molecule has 3 amide bonds. The van der Waals surface area contributed by atoms with Gasteiger partial charge in [-0.15, -0.1) is 11.8 Å². The van der Waals surface area contributed by atoms with Crippen molar-refractivity contribution in [1.29, 1.82) is 0 Å². The lowest BCUT2D eigenvalue weighted by Gasteiger charge is -2.07. The number of urea groups is 1. The van der Waals surface area contributed by atoms with Gasteiger partial charge in [-0.3, -0.25) is 10.1 Å². The quantitative estimate of drug-likeness (QED) is 0.408. The summed E-state index contributed by atoms with van der Waals surface area (Å²) in [5.41, 5.74) is 6.36. The molecule has 1 aromatic carbocycles. The lowest BCUT2D eigenvalue weighted by Crippen LogP contribution is -2.41. The molecule has 1 rings (SSSR count). The Balaban J connectivity index is 2.28. The molecule has 0 atom stereocenters. The standard InChI is InChI=1S/C12H17N3O3S/c1-18-7-6-14-12(17)15-11(16)8-19-10-5-3-2-4-9(10)13/h2-5H,6-8,13H2,1H3,(H2,14,15,16,17). The summed E-state index contributed by atoms with van der Waals surface area (Å²) < 4.78 is 4.77. The summed E-state index contributed by atoms with van der Waals surface area (Å²) in [6.07, 6.45) is 0. The minimum Gasteiger partial charge on any atom is -0.398 e. The van der Waals surface area contributed by atoms with Crippen molar-refractivity contribution >= 4 is 29.4 Å². The second-order valence-electron chi connectivity index (χ2n) is 3.62. The number of methoxy groups -OCH3 is 1. The van der Waals surface area contributed by atoms with Gasteiger partial charge in [0.2, 0.25) is 5.91 Å². The molecular formula is C12H17N3O3S. The van der Waals surface area contributed by atoms with Crippen LogP contribution in [0.5, 0.6) is 0 Å². The first-order chi connectivity index (χ1) is 9.13. The van der Waals surface area contributed by atoms with Crippen LogP contribution in [-0.2, 0) is 9.53 Å². The second kappa shape index (κ2) is 8.39. The van der Waals surface area contributed by atoms with Crippen LogP contribution in [0.1, 0.15) is 0 Å². The lowest BCUT2D eigenvalue weighted by atomic mass is 10.3. The van der Waals surface area contributed by atoms with E-state index in [0.717, 1.165) is 4.90 Å². The summed E-state index contributed by atoms with van der Waals surface area (Å²) in [6, 6.07) is 6.73. The predicted molar refractivity (Wildman–Crippen MR) is 75.0 cm³/mol. The number of hydrogen-bond acceptors (Lipinski definition) is 5. The zero-order valence-corrected chi connectivity index (χ0v) is 11.5. The van der Waals surface area contributed by atoms with E-state index in [-0.39, 0.29) is 11.7 Å². The van der Waals surface area contributed by atoms with E-state index >= 15 is 0 Å². The molecule has 0 spiro atoms. The molecule has 6 nitrogen and oxygen atoms in total. The number of thioether (sulfide) groups is 1. The Kier molecular flexibility index (Phi) is 6.76. The van der Waals surface area contributed by atoms with Crippen molar-refractivity contribution in [3.8, 4) is 0 Å². The number of nitrogens with one attached hydrogen (secondary N) is 2. The largest absolute Gasteiger partial charge is 0.398 e. The maximum atomic E-state index is 11.5. The van der Waals surface area contributed by atoms with E-state index in [1.165, 1.54) is 18.9 Å². The molecule has 0 aliphatic carbocycles. The van der Waals surface area contributed by atoms with Gasteiger partial charge in [-0.2, -0.15) is 0 Å². The smallest absolute Gasteiger partial charge is 0.321 e. The molecule has 0 heterocycles. The highest BCUT2D eigenvalue weighted by molar-refractivity contribution is 8.00. The number of amides is 3. The number of nitrogen functional groups attached to an aromatic ring is 1. The van der Waals surface area contributed by atoms with Crippen molar-refractivity contribution in [2.24, 2.45) is 0 Å². The van der Waals surface area contributed by atoms with Gasteiger partial charge in [0.1, 0.15) is 0 Å². The molecule has 0 fully saturated rings. The molecule has 0 radical (unpaired) electrons. The van der Waals surface area contributed by atoms with Crippen LogP contribution in [0, 0.1) is 0 Å². The zero-order valence-electron chi connectivity index (χ0n) is 10.6. The molecule has 0 saturated carbocycles. The molecule has 0 aliphatic heterocycles. The average molecular weight is 283 g/mol. The van der Waals surface area contributed by atoms with E-state index in [1.54, 1.807) is 6.07 Å². The number of anilines is 1. The third kappa shape index (κ3) is 6.12. The van der Waals surface area contributed by atoms with Crippen molar-refractivity contribution < 1.29 is 14.3 Å². The van der Waals surface area contributed by atoms with E-state index in [4.69, 9.17) is 10.5 Å². The van der Waals surface area contributed by atoms with Gasteiger partial charge in [-0.1, -0.05) is 12.1 Å². The SMILES string of the molecule is COCCNC(=O)NC(=O)CSc1ccccc1N. The van der Waals surface area contributed by atoms with Gasteiger partial charge in [0, 0.05) is 24.2 Å². The van der Waals surface area contributed by atoms with E-state index in [2.05, 4.69) is 10.6 Å². The maximum absolute atomic E-state index is 11.5. The highest BCUT2D eigenvalue weighted by atomic mass is 32.2. The molecule has 0 saturated heterocycles. The molecule has 7 heteroatoms. The number of rotatable bonds is 6. The van der Waals surface area contributed by atoms with Crippen LogP contribution >= 0.6 is 11.8 Å². The summed E-state index contributed by atoms with van der Waals surface area (Å²) >= 11 is 1.28. The summed E-state index contributed by atoms with van der Waals surface area (Å²) in [5, 5.41) is 4.72. The number of carbonyl (C=O) groups is 2.